The van der Waals surface area contributed by atoms with E-state index in [1.807, 2.05) is 6.92 Å². The number of fused-ring (bicyclic) bond motifs is 1. The molecule has 5 nitrogen and oxygen atoms in total. The standard InChI is InChI=1S/C19H28N2O3S/c1-14(17-8-7-15-5-3-4-6-18(15)13-17)20-19(22)16-9-11-21(12-10-16)25(2,23)24/h7-8,13-14,16H,3-6,9-12H2,1-2H3,(H,20,22). The van der Waals surface area contributed by atoms with Crippen molar-refractivity contribution in [1.29, 1.82) is 0 Å². The molecule has 1 aromatic rings. The zero-order valence-corrected chi connectivity index (χ0v) is 15.9. The first-order valence-corrected chi connectivity index (χ1v) is 11.1. The van der Waals surface area contributed by atoms with E-state index in [9.17, 15) is 13.2 Å². The Bertz CT molecular complexity index is 737. The molecule has 1 unspecified atom stereocenters. The molecule has 0 spiro atoms. The van der Waals surface area contributed by atoms with Gasteiger partial charge in [-0.1, -0.05) is 18.2 Å². The molecule has 138 valence electrons. The van der Waals surface area contributed by atoms with Crippen molar-refractivity contribution in [2.75, 3.05) is 19.3 Å². The highest BCUT2D eigenvalue weighted by Crippen LogP contribution is 2.26. The van der Waals surface area contributed by atoms with Gasteiger partial charge in [-0.3, -0.25) is 4.79 Å². The van der Waals surface area contributed by atoms with Crippen molar-refractivity contribution in [1.82, 2.24) is 9.62 Å². The molecule has 6 heteroatoms. The van der Waals surface area contributed by atoms with Gasteiger partial charge in [0.1, 0.15) is 0 Å². The molecule has 0 aromatic heterocycles. The SMILES string of the molecule is CC(NC(=O)C1CCN(S(C)(=O)=O)CC1)c1ccc2c(c1)CCCC2. The molecule has 1 aromatic carbocycles. The maximum absolute atomic E-state index is 12.5. The van der Waals surface area contributed by atoms with Crippen LogP contribution in [0.2, 0.25) is 0 Å². The maximum Gasteiger partial charge on any atom is 0.223 e. The summed E-state index contributed by atoms with van der Waals surface area (Å²) in [5.74, 6) is -0.0588. The molecule has 1 saturated heterocycles. The van der Waals surface area contributed by atoms with Gasteiger partial charge in [0.2, 0.25) is 15.9 Å². The van der Waals surface area contributed by atoms with Crippen molar-refractivity contribution in [2.24, 2.45) is 5.92 Å². The van der Waals surface area contributed by atoms with Crippen LogP contribution in [0.3, 0.4) is 0 Å². The quantitative estimate of drug-likeness (QED) is 0.892. The maximum atomic E-state index is 12.5. The van der Waals surface area contributed by atoms with Crippen LogP contribution in [0.15, 0.2) is 18.2 Å². The monoisotopic (exact) mass is 364 g/mol. The molecule has 2 aliphatic rings. The Balaban J connectivity index is 1.58. The van der Waals surface area contributed by atoms with Gasteiger partial charge in [0.05, 0.1) is 12.3 Å². The lowest BCUT2D eigenvalue weighted by Gasteiger charge is -2.30. The lowest BCUT2D eigenvalue weighted by molar-refractivity contribution is -0.126. The summed E-state index contributed by atoms with van der Waals surface area (Å²) >= 11 is 0. The van der Waals surface area contributed by atoms with Crippen LogP contribution in [0.25, 0.3) is 0 Å². The third-order valence-corrected chi connectivity index (χ3v) is 6.83. The summed E-state index contributed by atoms with van der Waals surface area (Å²) < 4.78 is 24.6. The van der Waals surface area contributed by atoms with E-state index in [-0.39, 0.29) is 17.9 Å². The van der Waals surface area contributed by atoms with E-state index in [1.54, 1.807) is 0 Å². The number of hydrogen-bond donors (Lipinski definition) is 1. The Kier molecular flexibility index (Phi) is 5.49. The molecule has 1 heterocycles. The van der Waals surface area contributed by atoms with Gasteiger partial charge in [-0.15, -0.1) is 0 Å². The Labute approximate surface area is 150 Å². The van der Waals surface area contributed by atoms with E-state index < -0.39 is 10.0 Å². The lowest BCUT2D eigenvalue weighted by atomic mass is 9.89. The first-order valence-electron chi connectivity index (χ1n) is 9.22. The second kappa shape index (κ2) is 7.46. The van der Waals surface area contributed by atoms with Gasteiger partial charge in [0.25, 0.3) is 0 Å². The predicted octanol–water partition coefficient (Wildman–Crippen LogP) is 2.41. The molecule has 0 saturated carbocycles. The zero-order chi connectivity index (χ0) is 18.0. The van der Waals surface area contributed by atoms with E-state index >= 15 is 0 Å². The van der Waals surface area contributed by atoms with E-state index in [4.69, 9.17) is 0 Å². The van der Waals surface area contributed by atoms with Crippen molar-refractivity contribution in [3.63, 3.8) is 0 Å². The molecular weight excluding hydrogens is 336 g/mol. The van der Waals surface area contributed by atoms with Crippen LogP contribution in [-0.4, -0.2) is 38.0 Å². The van der Waals surface area contributed by atoms with Gasteiger partial charge in [0.15, 0.2) is 0 Å². The number of nitrogens with zero attached hydrogens (tertiary/aromatic N) is 1. The van der Waals surface area contributed by atoms with Crippen molar-refractivity contribution >= 4 is 15.9 Å². The number of nitrogens with one attached hydrogen (secondary N) is 1. The average molecular weight is 365 g/mol. The highest BCUT2D eigenvalue weighted by molar-refractivity contribution is 7.88. The summed E-state index contributed by atoms with van der Waals surface area (Å²) in [7, 11) is -3.15. The average Bonchev–Trinajstić information content (AvgIpc) is 2.60. The minimum Gasteiger partial charge on any atom is -0.349 e. The van der Waals surface area contributed by atoms with Gasteiger partial charge < -0.3 is 5.32 Å². The molecule has 1 aliphatic carbocycles. The molecule has 1 amide bonds. The Morgan fingerprint density at radius 2 is 1.80 bits per heavy atom. The molecular formula is C19H28N2O3S. The number of carbonyl (C=O) groups excluding carboxylic acids is 1. The summed E-state index contributed by atoms with van der Waals surface area (Å²) in [6.07, 6.45) is 7.22. The van der Waals surface area contributed by atoms with Crippen LogP contribution in [-0.2, 0) is 27.7 Å². The number of benzene rings is 1. The predicted molar refractivity (Wildman–Crippen MR) is 98.8 cm³/mol. The number of sulfonamides is 1. The number of carbonyl (C=O) groups is 1. The van der Waals surface area contributed by atoms with Crippen LogP contribution in [0, 0.1) is 5.92 Å². The smallest absolute Gasteiger partial charge is 0.223 e. The third kappa shape index (κ3) is 4.42. The third-order valence-electron chi connectivity index (χ3n) is 5.53. The van der Waals surface area contributed by atoms with Crippen LogP contribution >= 0.6 is 0 Å². The van der Waals surface area contributed by atoms with E-state index in [2.05, 4.69) is 23.5 Å². The Hall–Kier alpha value is -1.40. The highest BCUT2D eigenvalue weighted by atomic mass is 32.2. The lowest BCUT2D eigenvalue weighted by Crippen LogP contribution is -2.43. The topological polar surface area (TPSA) is 66.5 Å². The summed E-state index contributed by atoms with van der Waals surface area (Å²) in [6, 6.07) is 6.55. The molecule has 1 N–H and O–H groups in total. The molecule has 1 aliphatic heterocycles. The van der Waals surface area contributed by atoms with Gasteiger partial charge in [-0.25, -0.2) is 12.7 Å². The van der Waals surface area contributed by atoms with Gasteiger partial charge in [0, 0.05) is 19.0 Å². The highest BCUT2D eigenvalue weighted by Gasteiger charge is 2.29. The molecule has 3 rings (SSSR count). The first kappa shape index (κ1) is 18.4. The minimum atomic E-state index is -3.15. The van der Waals surface area contributed by atoms with Crippen molar-refractivity contribution in [2.45, 2.75) is 51.5 Å². The van der Waals surface area contributed by atoms with Crippen molar-refractivity contribution in [3.8, 4) is 0 Å². The van der Waals surface area contributed by atoms with Gasteiger partial charge >= 0.3 is 0 Å². The summed E-state index contributed by atoms with van der Waals surface area (Å²) in [6.45, 7) is 2.89. The molecule has 1 atom stereocenters. The fraction of sp³-hybridized carbons (Fsp3) is 0.632. The minimum absolute atomic E-state index is 0.0207. The second-order valence-corrected chi connectivity index (χ2v) is 9.38. The number of piperidine rings is 1. The van der Waals surface area contributed by atoms with E-state index in [1.165, 1.54) is 34.5 Å². The first-order chi connectivity index (χ1) is 11.8. The van der Waals surface area contributed by atoms with Crippen LogP contribution in [0.4, 0.5) is 0 Å². The Morgan fingerprint density at radius 3 is 2.44 bits per heavy atom. The Morgan fingerprint density at radius 1 is 1.16 bits per heavy atom. The molecule has 25 heavy (non-hydrogen) atoms. The largest absolute Gasteiger partial charge is 0.349 e. The summed E-state index contributed by atoms with van der Waals surface area (Å²) in [5, 5.41) is 3.12. The number of rotatable bonds is 4. The summed E-state index contributed by atoms with van der Waals surface area (Å²) in [5.41, 5.74) is 4.02. The van der Waals surface area contributed by atoms with E-state index in [0.29, 0.717) is 25.9 Å². The zero-order valence-electron chi connectivity index (χ0n) is 15.1. The van der Waals surface area contributed by atoms with Gasteiger partial charge in [-0.2, -0.15) is 0 Å². The second-order valence-electron chi connectivity index (χ2n) is 7.40. The molecule has 0 bridgehead atoms. The fourth-order valence-electron chi connectivity index (χ4n) is 3.89. The normalized spacial score (nSPS) is 20.7. The van der Waals surface area contributed by atoms with E-state index in [0.717, 1.165) is 18.4 Å². The number of amides is 1. The van der Waals surface area contributed by atoms with Crippen molar-refractivity contribution in [3.05, 3.63) is 34.9 Å². The molecule has 1 fully saturated rings. The fourth-order valence-corrected chi connectivity index (χ4v) is 4.76. The number of hydrogen-bond acceptors (Lipinski definition) is 3. The van der Waals surface area contributed by atoms with Gasteiger partial charge in [-0.05, 0) is 62.1 Å². The molecule has 0 radical (unpaired) electrons. The van der Waals surface area contributed by atoms with Crippen molar-refractivity contribution < 1.29 is 13.2 Å². The van der Waals surface area contributed by atoms with Crippen LogP contribution in [0.5, 0.6) is 0 Å². The summed E-state index contributed by atoms with van der Waals surface area (Å²) in [4.78, 5) is 12.5. The number of aryl methyl sites for hydroxylation is 2. The van der Waals surface area contributed by atoms with Crippen LogP contribution in [0.1, 0.15) is 55.3 Å². The van der Waals surface area contributed by atoms with Crippen LogP contribution < -0.4 is 5.32 Å².